The van der Waals surface area contributed by atoms with E-state index in [4.69, 9.17) is 4.74 Å². The van der Waals surface area contributed by atoms with E-state index in [1.54, 1.807) is 18.7 Å². The van der Waals surface area contributed by atoms with Crippen molar-refractivity contribution in [3.8, 4) is 11.3 Å². The van der Waals surface area contributed by atoms with Crippen LogP contribution in [0.1, 0.15) is 20.8 Å². The van der Waals surface area contributed by atoms with Crippen molar-refractivity contribution in [3.63, 3.8) is 0 Å². The number of carbonyl (C=O) groups excluding carboxylic acids is 1. The number of nitrogens with zero attached hydrogens (tertiary/aromatic N) is 3. The number of hydrogen-bond donors (Lipinski definition) is 1. The molecule has 0 bridgehead atoms. The van der Waals surface area contributed by atoms with Gasteiger partial charge in [0.15, 0.2) is 0 Å². The molecule has 1 N–H and O–H groups in total. The first-order valence-electron chi connectivity index (χ1n) is 7.27. The Bertz CT molecular complexity index is 602. The van der Waals surface area contributed by atoms with Gasteiger partial charge in [0.05, 0.1) is 17.6 Å². The Balaban J connectivity index is 1.76. The highest BCUT2D eigenvalue weighted by Gasteiger charge is 2.12. The maximum absolute atomic E-state index is 11.6. The third-order valence-electron chi connectivity index (χ3n) is 2.92. The summed E-state index contributed by atoms with van der Waals surface area (Å²) >= 11 is 0. The molecule has 118 valence electrons. The number of hydrogen-bond acceptors (Lipinski definition) is 4. The zero-order valence-electron chi connectivity index (χ0n) is 13.2. The number of amides is 1. The highest BCUT2D eigenvalue weighted by atomic mass is 16.5. The summed E-state index contributed by atoms with van der Waals surface area (Å²) in [7, 11) is 0. The fourth-order valence-corrected chi connectivity index (χ4v) is 1.80. The van der Waals surface area contributed by atoms with E-state index in [1.165, 1.54) is 0 Å². The lowest BCUT2D eigenvalue weighted by molar-refractivity contribution is -0.130. The first-order valence-corrected chi connectivity index (χ1v) is 7.27. The molecule has 2 aromatic rings. The third-order valence-corrected chi connectivity index (χ3v) is 2.92. The highest BCUT2D eigenvalue weighted by molar-refractivity contribution is 5.77. The number of aromatic nitrogens is 3. The lowest BCUT2D eigenvalue weighted by atomic mass is 10.2. The van der Waals surface area contributed by atoms with Gasteiger partial charge in [-0.25, -0.2) is 4.98 Å². The number of carbonyl (C=O) groups is 1. The van der Waals surface area contributed by atoms with Crippen molar-refractivity contribution in [1.29, 1.82) is 0 Å². The maximum atomic E-state index is 11.6. The van der Waals surface area contributed by atoms with Gasteiger partial charge in [0.1, 0.15) is 6.61 Å². The molecule has 0 unspecified atom stereocenters. The second-order valence-corrected chi connectivity index (χ2v) is 5.99. The second-order valence-electron chi connectivity index (χ2n) is 5.99. The van der Waals surface area contributed by atoms with Gasteiger partial charge in [-0.3, -0.25) is 9.78 Å². The van der Waals surface area contributed by atoms with Crippen molar-refractivity contribution in [2.24, 2.45) is 0 Å². The van der Waals surface area contributed by atoms with Crippen LogP contribution in [0.4, 0.5) is 0 Å². The van der Waals surface area contributed by atoms with Crippen LogP contribution in [0, 0.1) is 0 Å². The van der Waals surface area contributed by atoms with Crippen LogP contribution in [0.25, 0.3) is 11.3 Å². The van der Waals surface area contributed by atoms with Crippen LogP contribution in [0.5, 0.6) is 0 Å². The molecular formula is C16H22N4O2. The number of imidazole rings is 1. The van der Waals surface area contributed by atoms with Gasteiger partial charge in [-0.15, -0.1) is 0 Å². The zero-order valence-corrected chi connectivity index (χ0v) is 13.2. The molecule has 0 spiro atoms. The monoisotopic (exact) mass is 302 g/mol. The lowest BCUT2D eigenvalue weighted by Crippen LogP contribution is -2.33. The minimum atomic E-state index is -0.305. The maximum Gasteiger partial charge on any atom is 0.246 e. The van der Waals surface area contributed by atoms with E-state index in [0.717, 1.165) is 11.3 Å². The van der Waals surface area contributed by atoms with Gasteiger partial charge >= 0.3 is 0 Å². The Hall–Kier alpha value is -2.21. The van der Waals surface area contributed by atoms with E-state index in [2.05, 4.69) is 15.3 Å². The molecule has 6 heteroatoms. The first kappa shape index (κ1) is 16.2. The molecule has 0 fully saturated rings. The minimum absolute atomic E-state index is 0.0777. The molecule has 0 saturated carbocycles. The largest absolute Gasteiger partial charge is 0.366 e. The quantitative estimate of drug-likeness (QED) is 0.884. The number of rotatable bonds is 6. The van der Waals surface area contributed by atoms with Gasteiger partial charge in [0.2, 0.25) is 5.91 Å². The zero-order chi connectivity index (χ0) is 16.0. The summed E-state index contributed by atoms with van der Waals surface area (Å²) in [4.78, 5) is 20.1. The van der Waals surface area contributed by atoms with E-state index < -0.39 is 0 Å². The Morgan fingerprint density at radius 1 is 1.41 bits per heavy atom. The van der Waals surface area contributed by atoms with Gasteiger partial charge in [0.25, 0.3) is 0 Å². The van der Waals surface area contributed by atoms with Crippen molar-refractivity contribution in [1.82, 2.24) is 19.9 Å². The molecule has 0 aliphatic carbocycles. The standard InChI is InChI=1S/C16H22N4O2/c1-16(2,3)22-11-15(21)18-7-8-20-10-14(19-12-20)13-5-4-6-17-9-13/h4-6,9-10,12H,7-8,11H2,1-3H3,(H,18,21). The minimum Gasteiger partial charge on any atom is -0.366 e. The molecule has 22 heavy (non-hydrogen) atoms. The topological polar surface area (TPSA) is 69.0 Å². The fourth-order valence-electron chi connectivity index (χ4n) is 1.80. The average Bonchev–Trinajstić information content (AvgIpc) is 2.94. The summed E-state index contributed by atoms with van der Waals surface area (Å²) in [6.45, 7) is 7.04. The van der Waals surface area contributed by atoms with Crippen molar-refractivity contribution < 1.29 is 9.53 Å². The average molecular weight is 302 g/mol. The molecule has 2 heterocycles. The summed E-state index contributed by atoms with van der Waals surface area (Å²) in [6.07, 6.45) is 7.20. The first-order chi connectivity index (χ1) is 10.4. The molecule has 6 nitrogen and oxygen atoms in total. The lowest BCUT2D eigenvalue weighted by Gasteiger charge is -2.18. The summed E-state index contributed by atoms with van der Waals surface area (Å²) < 4.78 is 7.36. The summed E-state index contributed by atoms with van der Waals surface area (Å²) in [5.74, 6) is -0.109. The molecule has 1 amide bonds. The predicted octanol–water partition coefficient (Wildman–Crippen LogP) is 1.88. The Morgan fingerprint density at radius 3 is 2.91 bits per heavy atom. The van der Waals surface area contributed by atoms with Crippen molar-refractivity contribution in [2.45, 2.75) is 32.9 Å². The molecule has 0 saturated heterocycles. The molecule has 2 aromatic heterocycles. The number of nitrogens with one attached hydrogen (secondary N) is 1. The summed E-state index contributed by atoms with van der Waals surface area (Å²) in [5, 5.41) is 2.83. The van der Waals surface area contributed by atoms with Crippen LogP contribution in [-0.4, -0.2) is 39.2 Å². The van der Waals surface area contributed by atoms with Gasteiger partial charge in [-0.2, -0.15) is 0 Å². The molecule has 0 atom stereocenters. The van der Waals surface area contributed by atoms with Gasteiger partial charge in [0, 0.05) is 37.2 Å². The van der Waals surface area contributed by atoms with E-state index in [1.807, 2.05) is 43.7 Å². The van der Waals surface area contributed by atoms with Crippen LogP contribution in [0.2, 0.25) is 0 Å². The van der Waals surface area contributed by atoms with E-state index in [9.17, 15) is 4.79 Å². The van der Waals surface area contributed by atoms with Crippen molar-refractivity contribution >= 4 is 5.91 Å². The molecule has 0 aromatic carbocycles. The van der Waals surface area contributed by atoms with Gasteiger partial charge in [-0.1, -0.05) is 0 Å². The normalized spacial score (nSPS) is 11.4. The highest BCUT2D eigenvalue weighted by Crippen LogP contribution is 2.14. The third kappa shape index (κ3) is 5.29. The molecular weight excluding hydrogens is 280 g/mol. The Morgan fingerprint density at radius 2 is 2.23 bits per heavy atom. The van der Waals surface area contributed by atoms with Crippen molar-refractivity contribution in [3.05, 3.63) is 37.1 Å². The summed E-state index contributed by atoms with van der Waals surface area (Å²) in [5.41, 5.74) is 1.54. The molecule has 0 aliphatic rings. The Labute approximate surface area is 130 Å². The van der Waals surface area contributed by atoms with Crippen LogP contribution >= 0.6 is 0 Å². The van der Waals surface area contributed by atoms with Crippen molar-refractivity contribution in [2.75, 3.05) is 13.2 Å². The predicted molar refractivity (Wildman–Crippen MR) is 84.2 cm³/mol. The molecule has 2 rings (SSSR count). The van der Waals surface area contributed by atoms with Gasteiger partial charge in [-0.05, 0) is 32.9 Å². The fraction of sp³-hybridized carbons (Fsp3) is 0.438. The molecule has 0 radical (unpaired) electrons. The van der Waals surface area contributed by atoms with Gasteiger partial charge < -0.3 is 14.6 Å². The SMILES string of the molecule is CC(C)(C)OCC(=O)NCCn1cnc(-c2cccnc2)c1. The van der Waals surface area contributed by atoms with Crippen LogP contribution < -0.4 is 5.32 Å². The number of ether oxygens (including phenoxy) is 1. The van der Waals surface area contributed by atoms with E-state index in [0.29, 0.717) is 13.1 Å². The smallest absolute Gasteiger partial charge is 0.246 e. The van der Waals surface area contributed by atoms with E-state index in [-0.39, 0.29) is 18.1 Å². The van der Waals surface area contributed by atoms with Crippen LogP contribution in [0.15, 0.2) is 37.1 Å². The van der Waals surface area contributed by atoms with E-state index >= 15 is 0 Å². The summed E-state index contributed by atoms with van der Waals surface area (Å²) in [6, 6.07) is 3.84. The number of pyridine rings is 1. The molecule has 0 aliphatic heterocycles. The van der Waals surface area contributed by atoms with Crippen LogP contribution in [0.3, 0.4) is 0 Å². The van der Waals surface area contributed by atoms with Crippen LogP contribution in [-0.2, 0) is 16.1 Å². The second kappa shape index (κ2) is 7.17. The Kier molecular flexibility index (Phi) is 5.27.